The smallest absolute Gasteiger partial charge is 0.161 e. The van der Waals surface area contributed by atoms with Crippen LogP contribution in [0.5, 0.6) is 0 Å². The van der Waals surface area contributed by atoms with Gasteiger partial charge in [0.15, 0.2) is 17.9 Å². The summed E-state index contributed by atoms with van der Waals surface area (Å²) in [6.45, 7) is 3.91. The molecule has 0 aliphatic heterocycles. The van der Waals surface area contributed by atoms with Gasteiger partial charge in [-0.15, -0.1) is 0 Å². The van der Waals surface area contributed by atoms with Crippen molar-refractivity contribution in [2.45, 2.75) is 19.9 Å². The highest BCUT2D eigenvalue weighted by Crippen LogP contribution is 2.35. The first kappa shape index (κ1) is 15.3. The average molecular weight is 317 g/mol. The Morgan fingerprint density at radius 2 is 1.70 bits per heavy atom. The lowest BCUT2D eigenvalue weighted by atomic mass is 9.98. The summed E-state index contributed by atoms with van der Waals surface area (Å²) in [6, 6.07) is 6.53. The molecular formula is C18H14F3NO. The maximum atomic E-state index is 14.1. The molecule has 3 aromatic rings. The molecule has 0 aliphatic carbocycles. The highest BCUT2D eigenvalue weighted by atomic mass is 19.2. The number of aromatic nitrogens is 1. The van der Waals surface area contributed by atoms with Gasteiger partial charge >= 0.3 is 0 Å². The molecule has 2 nitrogen and oxygen atoms in total. The largest absolute Gasteiger partial charge is 0.344 e. The molecule has 118 valence electrons. The topological polar surface area (TPSA) is 22.0 Å². The number of fused-ring (bicyclic) bond motifs is 1. The summed E-state index contributed by atoms with van der Waals surface area (Å²) < 4.78 is 42.7. The molecule has 3 rings (SSSR count). The van der Waals surface area contributed by atoms with E-state index in [-0.39, 0.29) is 11.6 Å². The normalized spacial score (nSPS) is 11.4. The van der Waals surface area contributed by atoms with Gasteiger partial charge in [0.2, 0.25) is 0 Å². The average Bonchev–Trinajstić information content (AvgIpc) is 2.90. The number of rotatable bonds is 3. The lowest BCUT2D eigenvalue weighted by molar-refractivity contribution is 0.112. The highest BCUT2D eigenvalue weighted by molar-refractivity contribution is 6.06. The third kappa shape index (κ3) is 2.42. The van der Waals surface area contributed by atoms with Crippen LogP contribution in [-0.2, 0) is 0 Å². The Hall–Kier alpha value is -2.56. The zero-order chi connectivity index (χ0) is 16.7. The van der Waals surface area contributed by atoms with Gasteiger partial charge in [0.25, 0.3) is 0 Å². The molecule has 0 aliphatic rings. The van der Waals surface area contributed by atoms with Gasteiger partial charge in [0.05, 0.1) is 0 Å². The van der Waals surface area contributed by atoms with Gasteiger partial charge in [-0.05, 0) is 31.5 Å². The Morgan fingerprint density at radius 3 is 2.35 bits per heavy atom. The molecule has 0 saturated heterocycles. The standard InChI is InChI=1S/C18H14F3NO/c1-10(2)22-8-11(9-23)18-12(4-3-5-17(18)22)13-6-15(20)16(21)7-14(13)19/h3-10H,1-2H3. The maximum absolute atomic E-state index is 14.1. The number of carbonyl (C=O) groups excluding carboxylic acids is 1. The third-order valence-electron chi connectivity index (χ3n) is 3.87. The van der Waals surface area contributed by atoms with E-state index in [1.165, 1.54) is 0 Å². The summed E-state index contributed by atoms with van der Waals surface area (Å²) in [4.78, 5) is 11.4. The van der Waals surface area contributed by atoms with E-state index in [1.807, 2.05) is 24.5 Å². The van der Waals surface area contributed by atoms with E-state index in [9.17, 15) is 18.0 Å². The SMILES string of the molecule is CC(C)n1cc(C=O)c2c(-c3cc(F)c(F)cc3F)cccc21. The van der Waals surface area contributed by atoms with Crippen molar-refractivity contribution in [1.29, 1.82) is 0 Å². The first-order valence-electron chi connectivity index (χ1n) is 7.17. The first-order valence-corrected chi connectivity index (χ1v) is 7.17. The van der Waals surface area contributed by atoms with Gasteiger partial charge in [-0.25, -0.2) is 13.2 Å². The quantitative estimate of drug-likeness (QED) is 0.485. The highest BCUT2D eigenvalue weighted by Gasteiger charge is 2.18. The zero-order valence-electron chi connectivity index (χ0n) is 12.6. The molecule has 0 N–H and O–H groups in total. The molecule has 0 amide bonds. The van der Waals surface area contributed by atoms with Crippen molar-refractivity contribution in [3.63, 3.8) is 0 Å². The Labute approximate surface area is 131 Å². The van der Waals surface area contributed by atoms with Crippen LogP contribution in [0.15, 0.2) is 36.5 Å². The number of hydrogen-bond donors (Lipinski definition) is 0. The minimum Gasteiger partial charge on any atom is -0.344 e. The van der Waals surface area contributed by atoms with Crippen molar-refractivity contribution in [2.75, 3.05) is 0 Å². The van der Waals surface area contributed by atoms with E-state index >= 15 is 0 Å². The predicted octanol–water partition coefficient (Wildman–Crippen LogP) is 5.12. The van der Waals surface area contributed by atoms with Gasteiger partial charge < -0.3 is 4.57 Å². The number of halogens is 3. The van der Waals surface area contributed by atoms with E-state index in [0.717, 1.165) is 11.6 Å². The van der Waals surface area contributed by atoms with Crippen LogP contribution < -0.4 is 0 Å². The van der Waals surface area contributed by atoms with E-state index < -0.39 is 17.5 Å². The molecule has 23 heavy (non-hydrogen) atoms. The van der Waals surface area contributed by atoms with Crippen LogP contribution in [0.3, 0.4) is 0 Å². The fourth-order valence-corrected chi connectivity index (χ4v) is 2.81. The van der Waals surface area contributed by atoms with E-state index in [1.54, 1.807) is 18.3 Å². The molecule has 1 aromatic heterocycles. The molecule has 0 unspecified atom stereocenters. The second-order valence-electron chi connectivity index (χ2n) is 5.65. The van der Waals surface area contributed by atoms with Crippen molar-refractivity contribution < 1.29 is 18.0 Å². The number of benzene rings is 2. The lowest BCUT2D eigenvalue weighted by Crippen LogP contribution is -1.98. The van der Waals surface area contributed by atoms with Gasteiger partial charge in [-0.1, -0.05) is 12.1 Å². The van der Waals surface area contributed by atoms with Crippen LogP contribution in [0.2, 0.25) is 0 Å². The fourth-order valence-electron chi connectivity index (χ4n) is 2.81. The third-order valence-corrected chi connectivity index (χ3v) is 3.87. The van der Waals surface area contributed by atoms with Crippen molar-refractivity contribution >= 4 is 17.2 Å². The van der Waals surface area contributed by atoms with Crippen LogP contribution in [0.1, 0.15) is 30.2 Å². The van der Waals surface area contributed by atoms with E-state index in [2.05, 4.69) is 0 Å². The maximum Gasteiger partial charge on any atom is 0.161 e. The van der Waals surface area contributed by atoms with Crippen molar-refractivity contribution in [1.82, 2.24) is 4.57 Å². The van der Waals surface area contributed by atoms with Crippen LogP contribution in [0.25, 0.3) is 22.0 Å². The van der Waals surface area contributed by atoms with E-state index in [0.29, 0.717) is 28.9 Å². The summed E-state index contributed by atoms with van der Waals surface area (Å²) in [5.74, 6) is -3.24. The van der Waals surface area contributed by atoms with Gasteiger partial charge in [0.1, 0.15) is 5.82 Å². The number of aldehydes is 1. The molecule has 0 spiro atoms. The van der Waals surface area contributed by atoms with Gasteiger partial charge in [-0.2, -0.15) is 0 Å². The Morgan fingerprint density at radius 1 is 1.00 bits per heavy atom. The second kappa shape index (κ2) is 5.57. The molecule has 5 heteroatoms. The monoisotopic (exact) mass is 317 g/mol. The van der Waals surface area contributed by atoms with Crippen molar-refractivity contribution in [2.24, 2.45) is 0 Å². The summed E-state index contributed by atoms with van der Waals surface area (Å²) >= 11 is 0. The fraction of sp³-hybridized carbons (Fsp3) is 0.167. The predicted molar refractivity (Wildman–Crippen MR) is 83.0 cm³/mol. The van der Waals surface area contributed by atoms with Crippen molar-refractivity contribution in [3.05, 3.63) is 59.5 Å². The van der Waals surface area contributed by atoms with Crippen molar-refractivity contribution in [3.8, 4) is 11.1 Å². The van der Waals surface area contributed by atoms with Crippen LogP contribution in [-0.4, -0.2) is 10.9 Å². The molecule has 0 bridgehead atoms. The van der Waals surface area contributed by atoms with E-state index in [4.69, 9.17) is 0 Å². The molecule has 0 atom stereocenters. The van der Waals surface area contributed by atoms with Gasteiger partial charge in [-0.3, -0.25) is 4.79 Å². The molecule has 2 aromatic carbocycles. The summed E-state index contributed by atoms with van der Waals surface area (Å²) in [5, 5.41) is 0.529. The molecular weight excluding hydrogens is 303 g/mol. The minimum absolute atomic E-state index is 0.0703. The van der Waals surface area contributed by atoms with Crippen LogP contribution >= 0.6 is 0 Å². The summed E-state index contributed by atoms with van der Waals surface area (Å²) in [6.07, 6.45) is 2.37. The second-order valence-corrected chi connectivity index (χ2v) is 5.65. The summed E-state index contributed by atoms with van der Waals surface area (Å²) in [7, 11) is 0. The Kier molecular flexibility index (Phi) is 3.72. The van der Waals surface area contributed by atoms with Gasteiger partial charge in [0, 0.05) is 40.3 Å². The summed E-state index contributed by atoms with van der Waals surface area (Å²) in [5.41, 5.74) is 1.41. The number of nitrogens with zero attached hydrogens (tertiary/aromatic N) is 1. The van der Waals surface area contributed by atoms with Crippen LogP contribution in [0, 0.1) is 17.5 Å². The molecule has 1 heterocycles. The van der Waals surface area contributed by atoms with Crippen LogP contribution in [0.4, 0.5) is 13.2 Å². The first-order chi connectivity index (χ1) is 10.9. The minimum atomic E-state index is -1.24. The Balaban J connectivity index is 2.39. The zero-order valence-corrected chi connectivity index (χ0v) is 12.6. The Bertz CT molecular complexity index is 912. The number of carbonyl (C=O) groups is 1. The lowest BCUT2D eigenvalue weighted by Gasteiger charge is -2.11. The molecule has 0 saturated carbocycles. The number of hydrogen-bond acceptors (Lipinski definition) is 1. The molecule has 0 radical (unpaired) electrons. The molecule has 0 fully saturated rings.